The van der Waals surface area contributed by atoms with Gasteiger partial charge in [0.05, 0.1) is 0 Å². The first kappa shape index (κ1) is 0.243. The average Bonchev–Trinajstić information content (AvgIpc) is 1.44. The summed E-state index contributed by atoms with van der Waals surface area (Å²) in [7, 11) is -9.72. The van der Waals surface area contributed by atoms with Gasteiger partial charge in [-0.05, 0) is 0 Å². The van der Waals surface area contributed by atoms with Crippen LogP contribution in [0.4, 0.5) is 0 Å². The molecule has 0 fully saturated rings. The van der Waals surface area contributed by atoms with Crippen molar-refractivity contribution in [2.24, 2.45) is 0 Å². The quantitative estimate of drug-likeness (QED) is 0.363. The summed E-state index contributed by atoms with van der Waals surface area (Å²) in [6, 6.07) is 0. The maximum absolute atomic E-state index is 6.70. The first-order valence-electron chi connectivity index (χ1n) is 5.11. The lowest BCUT2D eigenvalue weighted by Crippen LogP contribution is -1.87. The summed E-state index contributed by atoms with van der Waals surface area (Å²) < 4.78 is 60.8. The van der Waals surface area contributed by atoms with Gasteiger partial charge in [-0.1, -0.05) is 0 Å². The topological polar surface area (TPSA) is 2.70 Å². The monoisotopic (exact) mass is 70.1 g/mol. The molecule has 0 rings (SSSR count). The van der Waals surface area contributed by atoms with Crippen LogP contribution in [-0.4, -0.2) is 21.1 Å². The highest BCUT2D eigenvalue weighted by atomic mass is 16.6. The smallest absolute Gasteiger partial charge is 0.135 e. The minimum Gasteiger partial charge on any atom is -0.429 e. The van der Waals surface area contributed by atoms with Gasteiger partial charge in [0.25, 0.3) is 0 Å². The largest absolute Gasteiger partial charge is 0.429 e. The summed E-state index contributed by atoms with van der Waals surface area (Å²) in [6.45, 7) is 0. The molecule has 0 aromatic heterocycles. The normalized spacial score (nSPS) is 51.8. The molecule has 0 aliphatic heterocycles. The van der Waals surface area contributed by atoms with E-state index in [-0.39, 0.29) is 0 Å². The first-order chi connectivity index (χ1) is 5.37. The van der Waals surface area contributed by atoms with E-state index in [0.29, 0.717) is 4.37 Å². The van der Waals surface area contributed by atoms with E-state index in [2.05, 4.69) is 0 Å². The summed E-state index contributed by atoms with van der Waals surface area (Å²) in [5.41, 5.74) is 0. The zero-order chi connectivity index (χ0) is 11.1. The molecule has 1 nitrogen and oxygen atoms in total. The van der Waals surface area contributed by atoms with Gasteiger partial charge in [-0.3, -0.25) is 0 Å². The summed E-state index contributed by atoms with van der Waals surface area (Å²) in [5, 5.41) is 0. The zero-order valence-corrected chi connectivity index (χ0v) is 1.91. The van der Waals surface area contributed by atoms with Crippen molar-refractivity contribution in [3.05, 3.63) is 0 Å². The van der Waals surface area contributed by atoms with Gasteiger partial charge in [0, 0.05) is 0 Å². The molecule has 0 aliphatic carbocycles. The van der Waals surface area contributed by atoms with E-state index in [1.165, 1.54) is 0 Å². The highest BCUT2D eigenvalue weighted by molar-refractivity contribution is 3.84. The predicted molar refractivity (Wildman–Crippen MR) is 18.9 cm³/mol. The van der Waals surface area contributed by atoms with E-state index < -0.39 is 21.1 Å². The van der Waals surface area contributed by atoms with Crippen molar-refractivity contribution >= 4 is 0 Å². The van der Waals surface area contributed by atoms with Crippen molar-refractivity contribution in [3.8, 4) is 0 Å². The molecule has 0 atom stereocenters. The van der Waals surface area contributed by atoms with Crippen LogP contribution < -0.4 is 0 Å². The summed E-state index contributed by atoms with van der Waals surface area (Å²) in [6.07, 6.45) is 0. The lowest BCUT2D eigenvalue weighted by atomic mass is 11.4. The van der Waals surface area contributed by atoms with Gasteiger partial charge in [-0.15, -0.1) is 0 Å². The second kappa shape index (κ2) is 1.30. The van der Waals surface area contributed by atoms with E-state index in [0.717, 1.165) is 0 Å². The Balaban J connectivity index is 5.02. The van der Waals surface area contributed by atoms with E-state index in [1.54, 1.807) is 0 Å². The average molecular weight is 70.2 g/mol. The molecule has 0 amide bonds. The third-order valence-corrected chi connectivity index (χ3v) is 0. The minimum absolute atomic E-state index is 0.479. The Bertz CT molecular complexity index is 137. The zero-order valence-electron chi connectivity index (χ0n) is 10.9. The van der Waals surface area contributed by atoms with E-state index in [1.807, 2.05) is 0 Å². The highest BCUT2D eigenvalue weighted by Gasteiger charge is 1.61. The minimum atomic E-state index is -3.24. The highest BCUT2D eigenvalue weighted by Crippen LogP contribution is 1.60. The lowest BCUT2D eigenvalue weighted by Gasteiger charge is -1.90. The summed E-state index contributed by atoms with van der Waals surface area (Å²) in [5.74, 6) is 0. The van der Waals surface area contributed by atoms with Crippen molar-refractivity contribution in [2.75, 3.05) is 21.1 Å². The van der Waals surface area contributed by atoms with Gasteiger partial charge >= 0.3 is 0 Å². The first-order valence-corrected chi connectivity index (χ1v) is 0.612. The van der Waals surface area contributed by atoms with Crippen LogP contribution in [0.15, 0.2) is 0 Å². The van der Waals surface area contributed by atoms with E-state index in [4.69, 9.17) is 12.3 Å². The summed E-state index contributed by atoms with van der Waals surface area (Å²) >= 11 is 0. The molecule has 0 aromatic rings. The second-order valence-electron chi connectivity index (χ2n) is 0.306. The molecule has 26 valence electrons. The van der Waals surface area contributed by atoms with Crippen LogP contribution in [-0.2, 0) is 4.37 Å². The Morgan fingerprint density at radius 3 is 2.00 bits per heavy atom. The van der Waals surface area contributed by atoms with Crippen LogP contribution >= 0.6 is 0 Å². The molecule has 0 aliphatic rings. The van der Waals surface area contributed by atoms with Crippen molar-refractivity contribution in [1.29, 1.82) is 0 Å². The van der Waals surface area contributed by atoms with Gasteiger partial charge in [0.2, 0.25) is 0 Å². The maximum Gasteiger partial charge on any atom is 0.135 e. The Hall–Kier alpha value is -0.0400. The fourth-order valence-corrected chi connectivity index (χ4v) is 0. The SMILES string of the molecule is [2H]C([2H])([2H])[O+](C([2H])([2H])[2H])C([2H])([2H])[2H]. The summed E-state index contributed by atoms with van der Waals surface area (Å²) in [4.78, 5) is 0. The molecular formula is C3H9O+. The molecule has 4 heavy (non-hydrogen) atoms. The molecule has 0 saturated carbocycles. The number of hydrogen-bond acceptors (Lipinski definition) is 0. The van der Waals surface area contributed by atoms with Gasteiger partial charge in [0.1, 0.15) is 33.5 Å². The Morgan fingerprint density at radius 2 is 2.00 bits per heavy atom. The van der Waals surface area contributed by atoms with Gasteiger partial charge < -0.3 is 4.37 Å². The molecule has 0 heterocycles. The Kier molecular flexibility index (Phi) is 0.0787. The predicted octanol–water partition coefficient (Wildman–Crippen LogP) is 0.428. The molecule has 0 radical (unpaired) electrons. The molecule has 1 heteroatoms. The van der Waals surface area contributed by atoms with E-state index in [9.17, 15) is 0 Å². The van der Waals surface area contributed by atoms with Crippen LogP contribution in [0.25, 0.3) is 0 Å². The van der Waals surface area contributed by atoms with Gasteiger partial charge in [0.15, 0.2) is 0 Å². The third kappa shape index (κ3) is 1130. The van der Waals surface area contributed by atoms with Crippen molar-refractivity contribution in [2.45, 2.75) is 0 Å². The molecule has 0 saturated heterocycles. The van der Waals surface area contributed by atoms with E-state index >= 15 is 0 Å². The van der Waals surface area contributed by atoms with Crippen LogP contribution in [0.5, 0.6) is 0 Å². The van der Waals surface area contributed by atoms with Crippen LogP contribution in [0.2, 0.25) is 0 Å². The standard InChI is InChI=1S/C3H9O/c1-4(2)3/h1-3H3/q+1/i1D3,2D3,3D3. The molecule has 0 bridgehead atoms. The second-order valence-corrected chi connectivity index (χ2v) is 0.306. The van der Waals surface area contributed by atoms with Crippen LogP contribution in [0.3, 0.4) is 0 Å². The van der Waals surface area contributed by atoms with Gasteiger partial charge in [-0.25, -0.2) is 0 Å². The Morgan fingerprint density at radius 1 is 1.50 bits per heavy atom. The fraction of sp³-hybridized carbons (Fsp3) is 1.00. The maximum atomic E-state index is 6.70. The molecule has 0 spiro atoms. The number of hydrogen-bond donors (Lipinski definition) is 0. The third-order valence-electron chi connectivity index (χ3n) is 0. The number of rotatable bonds is 0. The molecule has 0 unspecified atom stereocenters. The van der Waals surface area contributed by atoms with Gasteiger partial charge in [-0.2, -0.15) is 0 Å². The Labute approximate surface area is 39.5 Å². The molecular weight excluding hydrogens is 52.0 g/mol. The molecule has 0 aromatic carbocycles. The van der Waals surface area contributed by atoms with Crippen molar-refractivity contribution < 1.29 is 16.7 Å². The van der Waals surface area contributed by atoms with Crippen LogP contribution in [0, 0.1) is 0 Å². The molecule has 0 N–H and O–H groups in total. The lowest BCUT2D eigenvalue weighted by molar-refractivity contribution is -0.00282. The fourth-order valence-electron chi connectivity index (χ4n) is 0. The van der Waals surface area contributed by atoms with Crippen LogP contribution in [0.1, 0.15) is 12.3 Å². The van der Waals surface area contributed by atoms with Crippen molar-refractivity contribution in [3.63, 3.8) is 0 Å². The van der Waals surface area contributed by atoms with Crippen molar-refractivity contribution in [1.82, 2.24) is 0 Å².